The van der Waals surface area contributed by atoms with Gasteiger partial charge in [0.25, 0.3) is 11.1 Å². The minimum Gasteiger partial charge on any atom is -0.493 e. The van der Waals surface area contributed by atoms with Crippen LogP contribution in [0, 0.1) is 0 Å². The molecule has 4 rings (SSSR count). The van der Waals surface area contributed by atoms with Gasteiger partial charge in [0.1, 0.15) is 6.61 Å². The molecular formula is C26H22ClNO4S. The smallest absolute Gasteiger partial charge is 0.298 e. The van der Waals surface area contributed by atoms with Gasteiger partial charge in [0.05, 0.1) is 17.7 Å². The first kappa shape index (κ1) is 23.0. The predicted molar refractivity (Wildman–Crippen MR) is 133 cm³/mol. The molecule has 1 aliphatic heterocycles. The van der Waals surface area contributed by atoms with Gasteiger partial charge in [-0.05, 0) is 59.7 Å². The maximum Gasteiger partial charge on any atom is 0.298 e. The molecule has 0 N–H and O–H groups in total. The second kappa shape index (κ2) is 10.1. The summed E-state index contributed by atoms with van der Waals surface area (Å²) in [6.45, 7) is 2.29. The molecule has 2 amide bonds. The van der Waals surface area contributed by atoms with Crippen molar-refractivity contribution in [2.24, 2.45) is 0 Å². The topological polar surface area (TPSA) is 55.8 Å². The van der Waals surface area contributed by atoms with E-state index in [0.717, 1.165) is 34.9 Å². The Morgan fingerprint density at radius 3 is 2.42 bits per heavy atom. The molecule has 1 fully saturated rings. The molecule has 0 atom stereocenters. The van der Waals surface area contributed by atoms with Crippen LogP contribution in [-0.2, 0) is 17.8 Å². The van der Waals surface area contributed by atoms with Gasteiger partial charge in [0.2, 0.25) is 0 Å². The van der Waals surface area contributed by atoms with Gasteiger partial charge < -0.3 is 9.47 Å². The van der Waals surface area contributed by atoms with Crippen LogP contribution >= 0.6 is 23.4 Å². The summed E-state index contributed by atoms with van der Waals surface area (Å²) >= 11 is 7.13. The number of thioether (sulfide) groups is 1. The lowest BCUT2D eigenvalue weighted by Gasteiger charge is -2.16. The first-order chi connectivity index (χ1) is 16.0. The lowest BCUT2D eigenvalue weighted by atomic mass is 10.1. The van der Waals surface area contributed by atoms with Gasteiger partial charge in [-0.25, -0.2) is 4.90 Å². The van der Waals surface area contributed by atoms with E-state index in [4.69, 9.17) is 21.1 Å². The first-order valence-corrected chi connectivity index (χ1v) is 11.6. The van der Waals surface area contributed by atoms with E-state index in [1.165, 1.54) is 4.90 Å². The lowest BCUT2D eigenvalue weighted by molar-refractivity contribution is -0.113. The van der Waals surface area contributed by atoms with E-state index in [0.29, 0.717) is 33.7 Å². The Hall–Kier alpha value is -3.22. The molecule has 33 heavy (non-hydrogen) atoms. The molecule has 0 bridgehead atoms. The van der Waals surface area contributed by atoms with Gasteiger partial charge in [-0.2, -0.15) is 0 Å². The summed E-state index contributed by atoms with van der Waals surface area (Å²) in [7, 11) is 1.55. The fraction of sp³-hybridized carbons (Fsp3) is 0.154. The highest BCUT2D eigenvalue weighted by Crippen LogP contribution is 2.38. The maximum absolute atomic E-state index is 13.0. The normalized spacial score (nSPS) is 14.8. The number of halogens is 1. The first-order valence-electron chi connectivity index (χ1n) is 10.4. The minimum atomic E-state index is -0.330. The van der Waals surface area contributed by atoms with E-state index < -0.39 is 0 Å². The van der Waals surface area contributed by atoms with Crippen molar-refractivity contribution in [2.45, 2.75) is 20.0 Å². The number of benzene rings is 3. The summed E-state index contributed by atoms with van der Waals surface area (Å²) in [6, 6.07) is 20.3. The summed E-state index contributed by atoms with van der Waals surface area (Å²) in [4.78, 5) is 27.3. The summed E-state index contributed by atoms with van der Waals surface area (Å²) in [6.07, 6.45) is 2.42. The van der Waals surface area contributed by atoms with Gasteiger partial charge in [0, 0.05) is 10.6 Å². The van der Waals surface area contributed by atoms with E-state index in [9.17, 15) is 9.59 Å². The number of anilines is 1. The van der Waals surface area contributed by atoms with Crippen molar-refractivity contribution >= 4 is 46.3 Å². The fourth-order valence-corrected chi connectivity index (χ4v) is 4.54. The molecule has 0 aliphatic carbocycles. The Morgan fingerprint density at radius 1 is 0.970 bits per heavy atom. The van der Waals surface area contributed by atoms with Crippen LogP contribution in [0.15, 0.2) is 71.6 Å². The zero-order valence-corrected chi connectivity index (χ0v) is 19.8. The average Bonchev–Trinajstić information content (AvgIpc) is 3.11. The Labute approximate surface area is 202 Å². The van der Waals surface area contributed by atoms with E-state index in [1.807, 2.05) is 55.5 Å². The molecule has 7 heteroatoms. The van der Waals surface area contributed by atoms with Crippen molar-refractivity contribution in [1.82, 2.24) is 0 Å². The quantitative estimate of drug-likeness (QED) is 0.351. The maximum atomic E-state index is 13.0. The average molecular weight is 480 g/mol. The van der Waals surface area contributed by atoms with Gasteiger partial charge >= 0.3 is 0 Å². The van der Waals surface area contributed by atoms with Gasteiger partial charge in [-0.15, -0.1) is 0 Å². The molecule has 168 valence electrons. The molecule has 3 aromatic rings. The number of carbonyl (C=O) groups excluding carboxylic acids is 2. The number of para-hydroxylation sites is 1. The Bertz CT molecular complexity index is 1240. The standard InChI is InChI=1S/C26H22ClNO4S/c1-3-18-8-5-7-11-21(18)28-25(29)24(33-26(28)30)15-17-12-13-22(23(14-17)31-2)32-16-19-9-4-6-10-20(19)27/h4-15H,3,16H2,1-2H3/b24-15-. The van der Waals surface area contributed by atoms with Crippen molar-refractivity contribution in [3.05, 3.63) is 93.3 Å². The van der Waals surface area contributed by atoms with Gasteiger partial charge in [0.15, 0.2) is 11.5 Å². The van der Waals surface area contributed by atoms with Crippen molar-refractivity contribution in [3.8, 4) is 11.5 Å². The molecule has 3 aromatic carbocycles. The third-order valence-corrected chi connectivity index (χ3v) is 6.47. The van der Waals surface area contributed by atoms with E-state index in [-0.39, 0.29) is 11.1 Å². The minimum absolute atomic E-state index is 0.297. The Balaban J connectivity index is 1.56. The zero-order chi connectivity index (χ0) is 23.4. The second-order valence-electron chi connectivity index (χ2n) is 7.29. The molecule has 0 unspecified atom stereocenters. The third-order valence-electron chi connectivity index (χ3n) is 5.23. The number of hydrogen-bond acceptors (Lipinski definition) is 5. The van der Waals surface area contributed by atoms with Crippen LogP contribution in [0.5, 0.6) is 11.5 Å². The zero-order valence-electron chi connectivity index (χ0n) is 18.2. The van der Waals surface area contributed by atoms with Crippen LogP contribution in [0.2, 0.25) is 5.02 Å². The highest BCUT2D eigenvalue weighted by Gasteiger charge is 2.37. The fourth-order valence-electron chi connectivity index (χ4n) is 3.52. The molecule has 0 saturated carbocycles. The Morgan fingerprint density at radius 2 is 1.70 bits per heavy atom. The lowest BCUT2D eigenvalue weighted by Crippen LogP contribution is -2.28. The molecule has 0 aromatic heterocycles. The van der Waals surface area contributed by atoms with Crippen LogP contribution < -0.4 is 14.4 Å². The van der Waals surface area contributed by atoms with Crippen LogP contribution in [0.3, 0.4) is 0 Å². The summed E-state index contributed by atoms with van der Waals surface area (Å²) < 4.78 is 11.4. The number of ether oxygens (including phenoxy) is 2. The van der Waals surface area contributed by atoms with Gasteiger partial charge in [-0.3, -0.25) is 9.59 Å². The monoisotopic (exact) mass is 479 g/mol. The Kier molecular flexibility index (Phi) is 7.06. The number of aryl methyl sites for hydroxylation is 1. The number of amides is 2. The van der Waals surface area contributed by atoms with Crippen LogP contribution in [0.1, 0.15) is 23.6 Å². The molecule has 1 saturated heterocycles. The molecular weight excluding hydrogens is 458 g/mol. The third kappa shape index (κ3) is 4.92. The van der Waals surface area contributed by atoms with Crippen LogP contribution in [0.25, 0.3) is 6.08 Å². The molecule has 1 aliphatic rings. The van der Waals surface area contributed by atoms with Crippen molar-refractivity contribution in [3.63, 3.8) is 0 Å². The van der Waals surface area contributed by atoms with Gasteiger partial charge in [-0.1, -0.05) is 61.0 Å². The molecule has 1 heterocycles. The number of imide groups is 1. The summed E-state index contributed by atoms with van der Waals surface area (Å²) in [5, 5.41) is 0.326. The largest absolute Gasteiger partial charge is 0.493 e. The number of methoxy groups -OCH3 is 1. The van der Waals surface area contributed by atoms with E-state index >= 15 is 0 Å². The SMILES string of the molecule is CCc1ccccc1N1C(=O)S/C(=C\c2ccc(OCc3ccccc3Cl)c(OC)c2)C1=O. The highest BCUT2D eigenvalue weighted by molar-refractivity contribution is 8.19. The molecule has 0 radical (unpaired) electrons. The number of rotatable bonds is 7. The number of carbonyl (C=O) groups is 2. The summed E-state index contributed by atoms with van der Waals surface area (Å²) in [5.41, 5.74) is 3.17. The predicted octanol–water partition coefficient (Wildman–Crippen LogP) is 6.73. The second-order valence-corrected chi connectivity index (χ2v) is 8.69. The highest BCUT2D eigenvalue weighted by atomic mass is 35.5. The van der Waals surface area contributed by atoms with Crippen LogP contribution in [0.4, 0.5) is 10.5 Å². The van der Waals surface area contributed by atoms with E-state index in [2.05, 4.69) is 0 Å². The number of nitrogens with zero attached hydrogens (tertiary/aromatic N) is 1. The molecule has 0 spiro atoms. The number of hydrogen-bond donors (Lipinski definition) is 0. The molecule has 5 nitrogen and oxygen atoms in total. The van der Waals surface area contributed by atoms with E-state index in [1.54, 1.807) is 31.4 Å². The van der Waals surface area contributed by atoms with Crippen molar-refractivity contribution < 1.29 is 19.1 Å². The van der Waals surface area contributed by atoms with Crippen molar-refractivity contribution in [1.29, 1.82) is 0 Å². The van der Waals surface area contributed by atoms with Crippen molar-refractivity contribution in [2.75, 3.05) is 12.0 Å². The summed E-state index contributed by atoms with van der Waals surface area (Å²) in [5.74, 6) is 0.745. The van der Waals surface area contributed by atoms with Crippen LogP contribution in [-0.4, -0.2) is 18.3 Å².